The van der Waals surface area contributed by atoms with Crippen LogP contribution in [0.4, 0.5) is 0 Å². The van der Waals surface area contributed by atoms with Gasteiger partial charge in [0.05, 0.1) is 0 Å². The van der Waals surface area contributed by atoms with Crippen molar-refractivity contribution in [2.75, 3.05) is 0 Å². The molecule has 1 amide bonds. The Morgan fingerprint density at radius 3 is 2.85 bits per heavy atom. The van der Waals surface area contributed by atoms with Crippen molar-refractivity contribution in [3.05, 3.63) is 46.6 Å². The summed E-state index contributed by atoms with van der Waals surface area (Å²) in [6.07, 6.45) is 3.32. The van der Waals surface area contributed by atoms with Gasteiger partial charge in [-0.15, -0.1) is 0 Å². The second kappa shape index (κ2) is 5.09. The van der Waals surface area contributed by atoms with Gasteiger partial charge < -0.3 is 5.73 Å². The number of hydrogen-bond donors (Lipinski definition) is 2. The van der Waals surface area contributed by atoms with E-state index in [0.717, 1.165) is 22.7 Å². The molecule has 6 heteroatoms. The molecule has 1 unspecified atom stereocenters. The first-order valence-corrected chi connectivity index (χ1v) is 6.69. The molecule has 3 rings (SSSR count). The van der Waals surface area contributed by atoms with Gasteiger partial charge in [0, 0.05) is 10.7 Å². The highest BCUT2D eigenvalue weighted by atomic mass is 35.5. The van der Waals surface area contributed by atoms with Gasteiger partial charge in [0.2, 0.25) is 11.9 Å². The maximum Gasteiger partial charge on any atom is 0.241 e. The van der Waals surface area contributed by atoms with Crippen LogP contribution in [0, 0.1) is 5.92 Å². The Kier molecular flexibility index (Phi) is 3.28. The van der Waals surface area contributed by atoms with Crippen molar-refractivity contribution in [3.8, 4) is 0 Å². The highest BCUT2D eigenvalue weighted by Crippen LogP contribution is 2.25. The van der Waals surface area contributed by atoms with Gasteiger partial charge in [-0.1, -0.05) is 29.8 Å². The van der Waals surface area contributed by atoms with Crippen molar-refractivity contribution >= 4 is 29.3 Å². The molecule has 0 aromatic heterocycles. The molecule has 2 heterocycles. The summed E-state index contributed by atoms with van der Waals surface area (Å²) in [7, 11) is 0. The number of fused-ring (bicyclic) bond motifs is 1. The largest absolute Gasteiger partial charge is 0.369 e. The number of rotatable bonds is 3. The first kappa shape index (κ1) is 12.9. The highest BCUT2D eigenvalue weighted by Gasteiger charge is 2.31. The molecule has 0 bridgehead atoms. The number of nitrogens with zero attached hydrogens (tertiary/aromatic N) is 2. The normalized spacial score (nSPS) is 20.8. The molecule has 0 saturated carbocycles. The number of nitrogens with two attached hydrogens (primary N) is 1. The zero-order chi connectivity index (χ0) is 14.1. The molecule has 0 fully saturated rings. The number of nitrogens with one attached hydrogen (secondary N) is 1. The maximum absolute atomic E-state index is 11.7. The predicted octanol–water partition coefficient (Wildman–Crippen LogP) is 1.63. The van der Waals surface area contributed by atoms with Crippen molar-refractivity contribution in [1.29, 1.82) is 0 Å². The Morgan fingerprint density at radius 1 is 1.25 bits per heavy atom. The van der Waals surface area contributed by atoms with Gasteiger partial charge in [0.1, 0.15) is 11.8 Å². The van der Waals surface area contributed by atoms with E-state index >= 15 is 0 Å². The molecule has 0 saturated heterocycles. The molecule has 3 N–H and O–H groups in total. The summed E-state index contributed by atoms with van der Waals surface area (Å²) < 4.78 is 0. The summed E-state index contributed by atoms with van der Waals surface area (Å²) in [6.45, 7) is 0. The Hall–Kier alpha value is -2.14. The van der Waals surface area contributed by atoms with E-state index in [9.17, 15) is 4.79 Å². The molecule has 20 heavy (non-hydrogen) atoms. The van der Waals surface area contributed by atoms with Gasteiger partial charge >= 0.3 is 0 Å². The van der Waals surface area contributed by atoms with Gasteiger partial charge in [0.15, 0.2) is 0 Å². The lowest BCUT2D eigenvalue weighted by Gasteiger charge is -2.14. The number of allylic oxidation sites excluding steroid dienone is 1. The first-order valence-electron chi connectivity index (χ1n) is 6.31. The van der Waals surface area contributed by atoms with Gasteiger partial charge in [-0.25, -0.2) is 4.99 Å². The van der Waals surface area contributed by atoms with Crippen molar-refractivity contribution in [2.24, 2.45) is 21.6 Å². The van der Waals surface area contributed by atoms with Crippen molar-refractivity contribution in [1.82, 2.24) is 5.32 Å². The third-order valence-corrected chi connectivity index (χ3v) is 3.64. The van der Waals surface area contributed by atoms with Crippen molar-refractivity contribution in [3.63, 3.8) is 0 Å². The second-order valence-electron chi connectivity index (χ2n) is 4.68. The number of carbonyl (C=O) groups is 1. The van der Waals surface area contributed by atoms with Gasteiger partial charge in [-0.05, 0) is 30.5 Å². The van der Waals surface area contributed by atoms with Crippen LogP contribution < -0.4 is 11.1 Å². The number of halogens is 1. The number of hydrogen-bond acceptors (Lipinski definition) is 4. The van der Waals surface area contributed by atoms with E-state index in [-0.39, 0.29) is 11.9 Å². The standard InChI is InChI=1S/C14H13ClN4O/c15-11-4-2-1-3-8(11)5-6-9-7-10-12(17-9)18-14(16)19-13(10)20/h1-4,7,10H,5-6H2,(H3,16,17,18,19,20). The maximum atomic E-state index is 11.7. The second-order valence-corrected chi connectivity index (χ2v) is 5.09. The number of guanidine groups is 1. The average molecular weight is 289 g/mol. The van der Waals surface area contributed by atoms with E-state index in [1.54, 1.807) is 0 Å². The zero-order valence-corrected chi connectivity index (χ0v) is 11.4. The van der Waals surface area contributed by atoms with Crippen LogP contribution in [-0.2, 0) is 11.2 Å². The monoisotopic (exact) mass is 288 g/mol. The summed E-state index contributed by atoms with van der Waals surface area (Å²) in [6, 6.07) is 7.70. The number of benzene rings is 1. The number of aryl methyl sites for hydroxylation is 1. The summed E-state index contributed by atoms with van der Waals surface area (Å²) in [5, 5.41) is 3.24. The number of aliphatic imine (C=N–C) groups is 2. The number of carbonyl (C=O) groups excluding carboxylic acids is 1. The quantitative estimate of drug-likeness (QED) is 0.886. The van der Waals surface area contributed by atoms with Gasteiger partial charge in [-0.3, -0.25) is 10.1 Å². The summed E-state index contributed by atoms with van der Waals surface area (Å²) >= 11 is 6.12. The van der Waals surface area contributed by atoms with E-state index in [2.05, 4.69) is 15.3 Å². The lowest BCUT2D eigenvalue weighted by Crippen LogP contribution is -2.46. The number of amides is 1. The summed E-state index contributed by atoms with van der Waals surface area (Å²) in [5.74, 6) is -0.0151. The third-order valence-electron chi connectivity index (χ3n) is 3.27. The average Bonchev–Trinajstić information content (AvgIpc) is 2.81. The lowest BCUT2D eigenvalue weighted by atomic mass is 10.0. The fourth-order valence-electron chi connectivity index (χ4n) is 2.27. The minimum absolute atomic E-state index is 0.103. The van der Waals surface area contributed by atoms with Crippen molar-refractivity contribution in [2.45, 2.75) is 12.8 Å². The Labute approximate surface area is 121 Å². The minimum atomic E-state index is -0.413. The van der Waals surface area contributed by atoms with Crippen LogP contribution in [-0.4, -0.2) is 17.7 Å². The summed E-state index contributed by atoms with van der Waals surface area (Å²) in [4.78, 5) is 20.2. The third kappa shape index (κ3) is 2.44. The molecule has 2 aliphatic rings. The van der Waals surface area contributed by atoms with E-state index in [1.165, 1.54) is 0 Å². The van der Waals surface area contributed by atoms with E-state index in [1.807, 2.05) is 30.3 Å². The molecule has 102 valence electrons. The fraction of sp³-hybridized carbons (Fsp3) is 0.214. The molecule has 0 radical (unpaired) electrons. The van der Waals surface area contributed by atoms with Crippen LogP contribution in [0.1, 0.15) is 12.0 Å². The molecule has 1 atom stereocenters. The molecular weight excluding hydrogens is 276 g/mol. The fourth-order valence-corrected chi connectivity index (χ4v) is 2.50. The molecule has 0 spiro atoms. The Morgan fingerprint density at radius 2 is 2.05 bits per heavy atom. The molecule has 1 aromatic rings. The molecular formula is C14H13ClN4O. The SMILES string of the molecule is NC1=NC2=NC(CCc3ccccc3Cl)=CC2C(=O)N1. The van der Waals surface area contributed by atoms with Gasteiger partial charge in [0.25, 0.3) is 0 Å². The molecule has 1 aromatic carbocycles. The van der Waals surface area contributed by atoms with E-state index < -0.39 is 5.92 Å². The number of amidine groups is 1. The summed E-state index contributed by atoms with van der Waals surface area (Å²) in [5.41, 5.74) is 7.42. The first-order chi connectivity index (χ1) is 9.63. The lowest BCUT2D eigenvalue weighted by molar-refractivity contribution is -0.120. The van der Waals surface area contributed by atoms with Gasteiger partial charge in [-0.2, -0.15) is 4.99 Å². The van der Waals surface area contributed by atoms with Crippen LogP contribution in [0.5, 0.6) is 0 Å². The zero-order valence-electron chi connectivity index (χ0n) is 10.6. The highest BCUT2D eigenvalue weighted by molar-refractivity contribution is 6.31. The van der Waals surface area contributed by atoms with E-state index in [0.29, 0.717) is 12.3 Å². The topological polar surface area (TPSA) is 79.8 Å². The molecule has 5 nitrogen and oxygen atoms in total. The van der Waals surface area contributed by atoms with Crippen LogP contribution in [0.3, 0.4) is 0 Å². The van der Waals surface area contributed by atoms with Crippen molar-refractivity contribution < 1.29 is 4.79 Å². The van der Waals surface area contributed by atoms with Crippen LogP contribution in [0.2, 0.25) is 5.02 Å². The van der Waals surface area contributed by atoms with E-state index in [4.69, 9.17) is 17.3 Å². The minimum Gasteiger partial charge on any atom is -0.369 e. The van der Waals surface area contributed by atoms with Crippen LogP contribution in [0.15, 0.2) is 46.0 Å². The molecule has 2 aliphatic heterocycles. The predicted molar refractivity (Wildman–Crippen MR) is 78.5 cm³/mol. The molecule has 0 aliphatic carbocycles. The van der Waals surface area contributed by atoms with Crippen LogP contribution in [0.25, 0.3) is 0 Å². The Balaban J connectivity index is 1.73. The van der Waals surface area contributed by atoms with Crippen LogP contribution >= 0.6 is 11.6 Å². The smallest absolute Gasteiger partial charge is 0.241 e. The Bertz CT molecular complexity index is 663.